The van der Waals surface area contributed by atoms with E-state index in [4.69, 9.17) is 5.11 Å². The molecule has 0 aliphatic heterocycles. The first-order chi connectivity index (χ1) is 9.01. The van der Waals surface area contributed by atoms with E-state index >= 15 is 0 Å². The molecule has 0 bridgehead atoms. The summed E-state index contributed by atoms with van der Waals surface area (Å²) >= 11 is 0. The molecule has 0 saturated carbocycles. The Hall–Kier alpha value is -2.15. The first-order valence-corrected chi connectivity index (χ1v) is 5.92. The molecule has 7 nitrogen and oxygen atoms in total. The van der Waals surface area contributed by atoms with Crippen molar-refractivity contribution in [1.82, 2.24) is 4.90 Å². The number of nitro groups is 1. The number of urea groups is 1. The SMILES string of the molecule is CCN(CCO)C(=O)Nc1cccc([N+](=O)[O-])c1C. The summed E-state index contributed by atoms with van der Waals surface area (Å²) in [5.74, 6) is 0. The molecule has 1 rings (SSSR count). The first kappa shape index (κ1) is 14.9. The summed E-state index contributed by atoms with van der Waals surface area (Å²) in [6.07, 6.45) is 0. The molecule has 0 radical (unpaired) electrons. The van der Waals surface area contributed by atoms with Gasteiger partial charge in [-0.05, 0) is 19.9 Å². The van der Waals surface area contributed by atoms with Crippen molar-refractivity contribution in [3.8, 4) is 0 Å². The Morgan fingerprint density at radius 1 is 1.53 bits per heavy atom. The highest BCUT2D eigenvalue weighted by atomic mass is 16.6. The molecule has 0 unspecified atom stereocenters. The zero-order chi connectivity index (χ0) is 14.4. The number of aliphatic hydroxyl groups is 1. The van der Waals surface area contributed by atoms with E-state index in [0.717, 1.165) is 0 Å². The predicted octanol–water partition coefficient (Wildman–Crippen LogP) is 1.75. The van der Waals surface area contributed by atoms with Gasteiger partial charge in [-0.15, -0.1) is 0 Å². The number of hydrogen-bond donors (Lipinski definition) is 2. The van der Waals surface area contributed by atoms with Gasteiger partial charge in [-0.2, -0.15) is 0 Å². The maximum Gasteiger partial charge on any atom is 0.321 e. The highest BCUT2D eigenvalue weighted by Gasteiger charge is 2.17. The van der Waals surface area contributed by atoms with E-state index in [1.165, 1.54) is 17.0 Å². The highest BCUT2D eigenvalue weighted by Crippen LogP contribution is 2.25. The van der Waals surface area contributed by atoms with Crippen LogP contribution in [0.1, 0.15) is 12.5 Å². The first-order valence-electron chi connectivity index (χ1n) is 5.92. The average molecular weight is 267 g/mol. The molecule has 0 atom stereocenters. The van der Waals surface area contributed by atoms with Crippen LogP contribution in [0.2, 0.25) is 0 Å². The van der Waals surface area contributed by atoms with Crippen molar-refractivity contribution in [3.05, 3.63) is 33.9 Å². The fraction of sp³-hybridized carbons (Fsp3) is 0.417. The minimum atomic E-state index is -0.490. The van der Waals surface area contributed by atoms with Gasteiger partial charge in [0.2, 0.25) is 0 Å². The summed E-state index contributed by atoms with van der Waals surface area (Å²) in [5, 5.41) is 22.3. The largest absolute Gasteiger partial charge is 0.395 e. The number of rotatable bonds is 5. The minimum absolute atomic E-state index is 0.0389. The molecule has 1 aromatic carbocycles. The van der Waals surface area contributed by atoms with Crippen molar-refractivity contribution in [1.29, 1.82) is 0 Å². The van der Waals surface area contributed by atoms with Gasteiger partial charge >= 0.3 is 6.03 Å². The summed E-state index contributed by atoms with van der Waals surface area (Å²) < 4.78 is 0. The van der Waals surface area contributed by atoms with Crippen LogP contribution in [0.4, 0.5) is 16.2 Å². The molecular weight excluding hydrogens is 250 g/mol. The molecule has 1 aromatic rings. The lowest BCUT2D eigenvalue weighted by atomic mass is 10.1. The molecule has 2 N–H and O–H groups in total. The second-order valence-corrected chi connectivity index (χ2v) is 3.94. The lowest BCUT2D eigenvalue weighted by molar-refractivity contribution is -0.385. The average Bonchev–Trinajstić information content (AvgIpc) is 2.37. The summed E-state index contributed by atoms with van der Waals surface area (Å²) in [6.45, 7) is 3.90. The van der Waals surface area contributed by atoms with Crippen LogP contribution in [-0.2, 0) is 0 Å². The number of hydrogen-bond acceptors (Lipinski definition) is 4. The molecule has 19 heavy (non-hydrogen) atoms. The Morgan fingerprint density at radius 2 is 2.21 bits per heavy atom. The van der Waals surface area contributed by atoms with Crippen molar-refractivity contribution < 1.29 is 14.8 Å². The van der Waals surface area contributed by atoms with E-state index in [2.05, 4.69) is 5.32 Å². The van der Waals surface area contributed by atoms with Gasteiger partial charge in [0.1, 0.15) is 0 Å². The van der Waals surface area contributed by atoms with Crippen LogP contribution >= 0.6 is 0 Å². The van der Waals surface area contributed by atoms with E-state index in [1.807, 2.05) is 0 Å². The molecule has 0 saturated heterocycles. The number of carbonyl (C=O) groups is 1. The molecule has 0 aromatic heterocycles. The van der Waals surface area contributed by atoms with E-state index in [-0.39, 0.29) is 24.9 Å². The van der Waals surface area contributed by atoms with Gasteiger partial charge in [-0.25, -0.2) is 4.79 Å². The third-order valence-corrected chi connectivity index (χ3v) is 2.78. The number of anilines is 1. The van der Waals surface area contributed by atoms with Gasteiger partial charge in [0.25, 0.3) is 5.69 Å². The topological polar surface area (TPSA) is 95.7 Å². The van der Waals surface area contributed by atoms with Gasteiger partial charge in [0.15, 0.2) is 0 Å². The number of amides is 2. The normalized spacial score (nSPS) is 10.1. The van der Waals surface area contributed by atoms with Crippen LogP contribution in [-0.4, -0.2) is 40.7 Å². The van der Waals surface area contributed by atoms with Gasteiger partial charge < -0.3 is 15.3 Å². The number of aliphatic hydroxyl groups excluding tert-OH is 1. The fourth-order valence-corrected chi connectivity index (χ4v) is 1.67. The number of likely N-dealkylation sites (N-methyl/N-ethyl adjacent to an activating group) is 1. The molecule has 0 aliphatic rings. The maximum atomic E-state index is 11.9. The van der Waals surface area contributed by atoms with Crippen molar-refractivity contribution in [3.63, 3.8) is 0 Å². The highest BCUT2D eigenvalue weighted by molar-refractivity contribution is 5.90. The van der Waals surface area contributed by atoms with Crippen LogP contribution < -0.4 is 5.32 Å². The van der Waals surface area contributed by atoms with Gasteiger partial charge in [0, 0.05) is 19.2 Å². The van der Waals surface area contributed by atoms with Gasteiger partial charge in [-0.3, -0.25) is 10.1 Å². The molecule has 0 heterocycles. The van der Waals surface area contributed by atoms with Crippen LogP contribution in [0, 0.1) is 17.0 Å². The van der Waals surface area contributed by atoms with Crippen LogP contribution in [0.15, 0.2) is 18.2 Å². The summed E-state index contributed by atoms with van der Waals surface area (Å²) in [6, 6.07) is 4.12. The van der Waals surface area contributed by atoms with Crippen molar-refractivity contribution in [2.75, 3.05) is 25.0 Å². The number of carbonyl (C=O) groups excluding carboxylic acids is 1. The third-order valence-electron chi connectivity index (χ3n) is 2.78. The smallest absolute Gasteiger partial charge is 0.321 e. The van der Waals surface area contributed by atoms with E-state index in [9.17, 15) is 14.9 Å². The Kier molecular flexibility index (Phi) is 5.25. The second-order valence-electron chi connectivity index (χ2n) is 3.94. The lowest BCUT2D eigenvalue weighted by Gasteiger charge is -2.20. The monoisotopic (exact) mass is 267 g/mol. The Morgan fingerprint density at radius 3 is 2.74 bits per heavy atom. The third kappa shape index (κ3) is 3.65. The summed E-state index contributed by atoms with van der Waals surface area (Å²) in [4.78, 5) is 23.6. The lowest BCUT2D eigenvalue weighted by Crippen LogP contribution is -2.37. The Labute approximate surface area is 111 Å². The van der Waals surface area contributed by atoms with E-state index in [0.29, 0.717) is 17.8 Å². The van der Waals surface area contributed by atoms with Crippen molar-refractivity contribution >= 4 is 17.4 Å². The summed E-state index contributed by atoms with van der Waals surface area (Å²) in [5.41, 5.74) is 0.763. The quantitative estimate of drug-likeness (QED) is 0.627. The molecule has 7 heteroatoms. The number of nitrogens with one attached hydrogen (secondary N) is 1. The molecule has 0 spiro atoms. The van der Waals surface area contributed by atoms with Crippen LogP contribution in [0.3, 0.4) is 0 Å². The van der Waals surface area contributed by atoms with E-state index < -0.39 is 4.92 Å². The molecule has 0 aliphatic carbocycles. The maximum absolute atomic E-state index is 11.9. The standard InChI is InChI=1S/C12H17N3O4/c1-3-14(7-8-16)12(17)13-10-5-4-6-11(9(10)2)15(18)19/h4-6,16H,3,7-8H2,1-2H3,(H,13,17). The molecule has 2 amide bonds. The minimum Gasteiger partial charge on any atom is -0.395 e. The molecular formula is C12H17N3O4. The zero-order valence-corrected chi connectivity index (χ0v) is 10.9. The van der Waals surface area contributed by atoms with Crippen LogP contribution in [0.5, 0.6) is 0 Å². The summed E-state index contributed by atoms with van der Waals surface area (Å²) in [7, 11) is 0. The number of benzene rings is 1. The number of nitrogens with zero attached hydrogens (tertiary/aromatic N) is 2. The van der Waals surface area contributed by atoms with Gasteiger partial charge in [0.05, 0.1) is 22.8 Å². The van der Waals surface area contributed by atoms with Crippen molar-refractivity contribution in [2.24, 2.45) is 0 Å². The predicted molar refractivity (Wildman–Crippen MR) is 71.2 cm³/mol. The van der Waals surface area contributed by atoms with Crippen molar-refractivity contribution in [2.45, 2.75) is 13.8 Å². The van der Waals surface area contributed by atoms with Gasteiger partial charge in [-0.1, -0.05) is 6.07 Å². The molecule has 0 fully saturated rings. The fourth-order valence-electron chi connectivity index (χ4n) is 1.67. The number of nitro benzene ring substituents is 1. The molecule has 104 valence electrons. The Balaban J connectivity index is 2.90. The van der Waals surface area contributed by atoms with E-state index in [1.54, 1.807) is 19.9 Å². The second kappa shape index (κ2) is 6.69. The van der Waals surface area contributed by atoms with Crippen LogP contribution in [0.25, 0.3) is 0 Å². The zero-order valence-electron chi connectivity index (χ0n) is 10.9. The Bertz CT molecular complexity index is 476.